The van der Waals surface area contributed by atoms with Gasteiger partial charge in [0.25, 0.3) is 0 Å². The fraction of sp³-hybridized carbons (Fsp3) is 1.00. The van der Waals surface area contributed by atoms with Crippen LogP contribution in [0.25, 0.3) is 0 Å². The summed E-state index contributed by atoms with van der Waals surface area (Å²) in [6.07, 6.45) is 2.36. The lowest BCUT2D eigenvalue weighted by atomic mass is 9.91. The van der Waals surface area contributed by atoms with Crippen LogP contribution in [-0.4, -0.2) is 57.7 Å². The molecule has 0 aromatic heterocycles. The third kappa shape index (κ3) is 4.67. The quantitative estimate of drug-likeness (QED) is 0.478. The minimum atomic E-state index is 0.188. The second-order valence-electron chi connectivity index (χ2n) is 3.82. The van der Waals surface area contributed by atoms with Crippen LogP contribution in [0.5, 0.6) is 0 Å². The van der Waals surface area contributed by atoms with Crippen molar-refractivity contribution in [2.24, 2.45) is 0 Å². The van der Waals surface area contributed by atoms with Crippen LogP contribution in [0.3, 0.4) is 0 Å². The first kappa shape index (κ1) is 14.4. The molecule has 1 aliphatic carbocycles. The Morgan fingerprint density at radius 2 is 1.94 bits per heavy atom. The summed E-state index contributed by atoms with van der Waals surface area (Å²) in [7, 11) is 3.41. The number of rotatable bonds is 9. The average molecular weight is 297 g/mol. The Morgan fingerprint density at radius 3 is 2.56 bits per heavy atom. The van der Waals surface area contributed by atoms with Crippen LogP contribution < -0.4 is 0 Å². The lowest BCUT2D eigenvalue weighted by molar-refractivity contribution is -0.116. The molecule has 1 fully saturated rings. The highest BCUT2D eigenvalue weighted by Gasteiger charge is 2.40. The largest absolute Gasteiger partial charge is 0.385 e. The standard InChI is InChI=1S/C11H21BrO4/c1-13-4-3-5-15-6-7-16-10-8-9(12)11(10)14-2/h9-11H,3-8H2,1-2H3. The lowest BCUT2D eigenvalue weighted by Gasteiger charge is -2.39. The highest BCUT2D eigenvalue weighted by molar-refractivity contribution is 9.09. The molecule has 4 nitrogen and oxygen atoms in total. The summed E-state index contributed by atoms with van der Waals surface area (Å²) in [5.74, 6) is 0. The van der Waals surface area contributed by atoms with E-state index in [0.717, 1.165) is 26.1 Å². The van der Waals surface area contributed by atoms with Crippen molar-refractivity contribution in [1.29, 1.82) is 0 Å². The van der Waals surface area contributed by atoms with E-state index in [1.807, 2.05) is 0 Å². The van der Waals surface area contributed by atoms with Gasteiger partial charge in [0.2, 0.25) is 0 Å². The van der Waals surface area contributed by atoms with Gasteiger partial charge >= 0.3 is 0 Å². The van der Waals surface area contributed by atoms with Gasteiger partial charge in [0, 0.05) is 32.3 Å². The molecular formula is C11H21BrO4. The number of hydrogen-bond donors (Lipinski definition) is 0. The fourth-order valence-electron chi connectivity index (χ4n) is 1.66. The van der Waals surface area contributed by atoms with Crippen molar-refractivity contribution in [3.05, 3.63) is 0 Å². The average Bonchev–Trinajstić information content (AvgIpc) is 2.26. The van der Waals surface area contributed by atoms with E-state index in [-0.39, 0.29) is 12.2 Å². The molecule has 0 aromatic carbocycles. The van der Waals surface area contributed by atoms with Gasteiger partial charge in [-0.25, -0.2) is 0 Å². The molecule has 0 amide bonds. The lowest BCUT2D eigenvalue weighted by Crippen LogP contribution is -2.50. The summed E-state index contributed by atoms with van der Waals surface area (Å²) in [5.41, 5.74) is 0. The van der Waals surface area contributed by atoms with Gasteiger partial charge in [-0.2, -0.15) is 0 Å². The van der Waals surface area contributed by atoms with Crippen LogP contribution in [0.1, 0.15) is 12.8 Å². The van der Waals surface area contributed by atoms with Gasteiger partial charge in [-0.3, -0.25) is 0 Å². The monoisotopic (exact) mass is 296 g/mol. The van der Waals surface area contributed by atoms with E-state index in [2.05, 4.69) is 15.9 Å². The maximum absolute atomic E-state index is 5.65. The Labute approximate surface area is 106 Å². The van der Waals surface area contributed by atoms with E-state index in [9.17, 15) is 0 Å². The van der Waals surface area contributed by atoms with Gasteiger partial charge in [-0.05, 0) is 12.8 Å². The molecule has 1 aliphatic rings. The molecule has 0 bridgehead atoms. The van der Waals surface area contributed by atoms with E-state index < -0.39 is 0 Å². The zero-order valence-corrected chi connectivity index (χ0v) is 11.6. The zero-order chi connectivity index (χ0) is 11.8. The summed E-state index contributed by atoms with van der Waals surface area (Å²) >= 11 is 3.53. The molecule has 0 heterocycles. The molecule has 0 N–H and O–H groups in total. The summed E-state index contributed by atoms with van der Waals surface area (Å²) < 4.78 is 21.3. The van der Waals surface area contributed by atoms with Crippen molar-refractivity contribution >= 4 is 15.9 Å². The van der Waals surface area contributed by atoms with Gasteiger partial charge in [0.05, 0.1) is 25.4 Å². The summed E-state index contributed by atoms with van der Waals surface area (Å²) in [5, 5.41) is 0. The normalized spacial score (nSPS) is 29.1. The van der Waals surface area contributed by atoms with Crippen LogP contribution in [-0.2, 0) is 18.9 Å². The van der Waals surface area contributed by atoms with Gasteiger partial charge in [-0.1, -0.05) is 15.9 Å². The van der Waals surface area contributed by atoms with Crippen LogP contribution in [0.2, 0.25) is 0 Å². The summed E-state index contributed by atoms with van der Waals surface area (Å²) in [6.45, 7) is 2.76. The van der Waals surface area contributed by atoms with E-state index >= 15 is 0 Å². The molecule has 1 saturated carbocycles. The molecule has 1 rings (SSSR count). The van der Waals surface area contributed by atoms with Gasteiger partial charge in [0.1, 0.15) is 0 Å². The molecular weight excluding hydrogens is 276 g/mol. The summed E-state index contributed by atoms with van der Waals surface area (Å²) in [6, 6.07) is 0. The molecule has 0 saturated heterocycles. The summed E-state index contributed by atoms with van der Waals surface area (Å²) in [4.78, 5) is 0.435. The second-order valence-corrected chi connectivity index (χ2v) is 5.00. The van der Waals surface area contributed by atoms with Crippen molar-refractivity contribution in [1.82, 2.24) is 0 Å². The topological polar surface area (TPSA) is 36.9 Å². The number of methoxy groups -OCH3 is 2. The zero-order valence-electron chi connectivity index (χ0n) is 9.99. The first-order valence-corrected chi connectivity index (χ1v) is 6.56. The third-order valence-corrected chi connectivity index (χ3v) is 3.54. The number of alkyl halides is 1. The van der Waals surface area contributed by atoms with Gasteiger partial charge in [-0.15, -0.1) is 0 Å². The van der Waals surface area contributed by atoms with Crippen LogP contribution >= 0.6 is 15.9 Å². The van der Waals surface area contributed by atoms with Crippen molar-refractivity contribution in [3.63, 3.8) is 0 Å². The highest BCUT2D eigenvalue weighted by Crippen LogP contribution is 2.32. The second kappa shape index (κ2) is 8.42. The minimum Gasteiger partial charge on any atom is -0.385 e. The predicted molar refractivity (Wildman–Crippen MR) is 65.2 cm³/mol. The Balaban J connectivity index is 1.88. The van der Waals surface area contributed by atoms with Crippen molar-refractivity contribution in [2.45, 2.75) is 29.9 Å². The molecule has 0 spiro atoms. The molecule has 96 valence electrons. The number of hydrogen-bond acceptors (Lipinski definition) is 4. The van der Waals surface area contributed by atoms with Crippen molar-refractivity contribution < 1.29 is 18.9 Å². The molecule has 16 heavy (non-hydrogen) atoms. The highest BCUT2D eigenvalue weighted by atomic mass is 79.9. The molecule has 3 atom stereocenters. The molecule has 0 aromatic rings. The Bertz CT molecular complexity index is 179. The van der Waals surface area contributed by atoms with E-state index in [1.165, 1.54) is 0 Å². The molecule has 0 aliphatic heterocycles. The minimum absolute atomic E-state index is 0.188. The van der Waals surface area contributed by atoms with E-state index in [0.29, 0.717) is 18.0 Å². The Morgan fingerprint density at radius 1 is 1.12 bits per heavy atom. The molecule has 0 radical (unpaired) electrons. The van der Waals surface area contributed by atoms with Crippen molar-refractivity contribution in [2.75, 3.05) is 40.6 Å². The number of halogens is 1. The first-order chi connectivity index (χ1) is 7.79. The maximum atomic E-state index is 5.65. The fourth-order valence-corrected chi connectivity index (χ4v) is 2.58. The molecule has 5 heteroatoms. The first-order valence-electron chi connectivity index (χ1n) is 5.64. The predicted octanol–water partition coefficient (Wildman–Crippen LogP) is 1.61. The third-order valence-electron chi connectivity index (χ3n) is 2.65. The maximum Gasteiger partial charge on any atom is 0.0958 e. The Kier molecular flexibility index (Phi) is 7.56. The molecule has 3 unspecified atom stereocenters. The number of ether oxygens (including phenoxy) is 4. The smallest absolute Gasteiger partial charge is 0.0958 e. The van der Waals surface area contributed by atoms with E-state index in [4.69, 9.17) is 18.9 Å². The SMILES string of the molecule is COCCCOCCOC1CC(Br)C1OC. The van der Waals surface area contributed by atoms with Crippen LogP contribution in [0, 0.1) is 0 Å². The Hall–Kier alpha value is 0.320. The van der Waals surface area contributed by atoms with E-state index in [1.54, 1.807) is 14.2 Å². The van der Waals surface area contributed by atoms with Crippen molar-refractivity contribution in [3.8, 4) is 0 Å². The van der Waals surface area contributed by atoms with Crippen LogP contribution in [0.15, 0.2) is 0 Å². The van der Waals surface area contributed by atoms with Crippen LogP contribution in [0.4, 0.5) is 0 Å². The van der Waals surface area contributed by atoms with Gasteiger partial charge in [0.15, 0.2) is 0 Å². The van der Waals surface area contributed by atoms with Gasteiger partial charge < -0.3 is 18.9 Å².